The van der Waals surface area contributed by atoms with Gasteiger partial charge in [0.2, 0.25) is 5.91 Å². The van der Waals surface area contributed by atoms with Crippen molar-refractivity contribution in [3.63, 3.8) is 0 Å². The van der Waals surface area contributed by atoms with E-state index in [1.165, 1.54) is 17.3 Å². The molecule has 32 heavy (non-hydrogen) atoms. The summed E-state index contributed by atoms with van der Waals surface area (Å²) in [5, 5.41) is 13.2. The van der Waals surface area contributed by atoms with Crippen LogP contribution in [-0.2, 0) is 9.53 Å². The van der Waals surface area contributed by atoms with Gasteiger partial charge in [-0.3, -0.25) is 9.36 Å². The summed E-state index contributed by atoms with van der Waals surface area (Å²) >= 11 is 7.47. The molecule has 0 saturated carbocycles. The lowest BCUT2D eigenvalue weighted by atomic mass is 10.0. The fourth-order valence-corrected chi connectivity index (χ4v) is 4.66. The maximum absolute atomic E-state index is 12.5. The molecule has 168 valence electrons. The summed E-state index contributed by atoms with van der Waals surface area (Å²) in [6.45, 7) is 5.66. The molecule has 1 N–H and O–H groups in total. The van der Waals surface area contributed by atoms with Gasteiger partial charge in [-0.1, -0.05) is 55.4 Å². The quantitative estimate of drug-likeness (QED) is 0.464. The Labute approximate surface area is 197 Å². The number of benzene rings is 2. The number of hydrogen-bond donors (Lipinski definition) is 1. The molecule has 1 amide bonds. The number of para-hydroxylation sites is 1. The third kappa shape index (κ3) is 5.34. The van der Waals surface area contributed by atoms with E-state index in [0.717, 1.165) is 36.5 Å². The average Bonchev–Trinajstić information content (AvgIpc) is 3.47. The second kappa shape index (κ2) is 10.5. The minimum Gasteiger partial charge on any atom is -0.376 e. The van der Waals surface area contributed by atoms with Crippen LogP contribution in [0.2, 0.25) is 5.02 Å². The molecular weight excluding hydrogens is 444 g/mol. The van der Waals surface area contributed by atoms with Crippen LogP contribution in [0.5, 0.6) is 0 Å². The maximum atomic E-state index is 12.5. The van der Waals surface area contributed by atoms with Gasteiger partial charge >= 0.3 is 0 Å². The number of nitrogens with one attached hydrogen (secondary N) is 1. The van der Waals surface area contributed by atoms with Crippen LogP contribution in [-0.4, -0.2) is 45.7 Å². The Morgan fingerprint density at radius 1 is 1.22 bits per heavy atom. The molecule has 0 radical (unpaired) electrons. The van der Waals surface area contributed by atoms with E-state index in [-0.39, 0.29) is 17.8 Å². The number of halogens is 1. The van der Waals surface area contributed by atoms with Gasteiger partial charge in [0, 0.05) is 23.7 Å². The maximum Gasteiger partial charge on any atom is 0.230 e. The Morgan fingerprint density at radius 3 is 2.72 bits per heavy atom. The molecule has 8 heteroatoms. The Bertz CT molecular complexity index is 1060. The molecule has 2 heterocycles. The van der Waals surface area contributed by atoms with Crippen LogP contribution < -0.4 is 5.32 Å². The SMILES string of the molecule is CC(C)c1ccccc1-n1c(SCC(=O)NCC2CCCO2)nnc1-c1ccc(Cl)cc1. The van der Waals surface area contributed by atoms with E-state index in [0.29, 0.717) is 22.6 Å². The number of amides is 1. The summed E-state index contributed by atoms with van der Waals surface area (Å²) in [6, 6.07) is 15.8. The van der Waals surface area contributed by atoms with Crippen molar-refractivity contribution in [3.8, 4) is 17.1 Å². The first-order valence-corrected chi connectivity index (χ1v) is 12.2. The minimum atomic E-state index is -0.0368. The minimum absolute atomic E-state index is 0.0368. The van der Waals surface area contributed by atoms with Gasteiger partial charge in [0.25, 0.3) is 0 Å². The van der Waals surface area contributed by atoms with Crippen LogP contribution in [0.25, 0.3) is 17.1 Å². The van der Waals surface area contributed by atoms with Crippen molar-refractivity contribution in [2.24, 2.45) is 0 Å². The summed E-state index contributed by atoms with van der Waals surface area (Å²) in [4.78, 5) is 12.5. The van der Waals surface area contributed by atoms with Crippen molar-refractivity contribution in [2.75, 3.05) is 18.9 Å². The lowest BCUT2D eigenvalue weighted by Gasteiger charge is -2.17. The Hall–Kier alpha value is -2.35. The van der Waals surface area contributed by atoms with Crippen LogP contribution in [0.15, 0.2) is 53.7 Å². The van der Waals surface area contributed by atoms with Gasteiger partial charge in [-0.05, 0) is 54.7 Å². The van der Waals surface area contributed by atoms with Gasteiger partial charge in [0.05, 0.1) is 17.5 Å². The zero-order valence-electron chi connectivity index (χ0n) is 18.3. The molecule has 1 atom stereocenters. The molecule has 1 aromatic heterocycles. The van der Waals surface area contributed by atoms with Gasteiger partial charge in [0.15, 0.2) is 11.0 Å². The van der Waals surface area contributed by atoms with Crippen LogP contribution in [0.3, 0.4) is 0 Å². The second-order valence-corrected chi connectivity index (χ2v) is 9.47. The van der Waals surface area contributed by atoms with E-state index >= 15 is 0 Å². The molecule has 6 nitrogen and oxygen atoms in total. The largest absolute Gasteiger partial charge is 0.376 e. The molecular formula is C24H27ClN4O2S. The van der Waals surface area contributed by atoms with Gasteiger partial charge in [-0.15, -0.1) is 10.2 Å². The molecule has 3 aromatic rings. The number of hydrogen-bond acceptors (Lipinski definition) is 5. The summed E-state index contributed by atoms with van der Waals surface area (Å²) in [6.07, 6.45) is 2.18. The fourth-order valence-electron chi connectivity index (χ4n) is 3.76. The predicted molar refractivity (Wildman–Crippen MR) is 129 cm³/mol. The van der Waals surface area contributed by atoms with Crippen molar-refractivity contribution in [1.29, 1.82) is 0 Å². The number of aromatic nitrogens is 3. The number of carbonyl (C=O) groups excluding carboxylic acids is 1. The lowest BCUT2D eigenvalue weighted by molar-refractivity contribution is -0.119. The number of rotatable bonds is 8. The molecule has 0 bridgehead atoms. The number of ether oxygens (including phenoxy) is 1. The van der Waals surface area contributed by atoms with E-state index in [4.69, 9.17) is 16.3 Å². The van der Waals surface area contributed by atoms with Gasteiger partial charge in [-0.2, -0.15) is 0 Å². The zero-order chi connectivity index (χ0) is 22.5. The second-order valence-electron chi connectivity index (χ2n) is 8.09. The third-order valence-corrected chi connectivity index (χ3v) is 6.60. The van der Waals surface area contributed by atoms with Gasteiger partial charge in [0.1, 0.15) is 0 Å². The highest BCUT2D eigenvalue weighted by Gasteiger charge is 2.21. The van der Waals surface area contributed by atoms with Crippen molar-refractivity contribution in [3.05, 3.63) is 59.1 Å². The highest BCUT2D eigenvalue weighted by atomic mass is 35.5. The molecule has 1 aliphatic heterocycles. The van der Waals surface area contributed by atoms with Crippen LogP contribution in [0.1, 0.15) is 38.2 Å². The standard InChI is InChI=1S/C24H27ClN4O2S/c1-16(2)20-7-3-4-8-21(20)29-23(17-9-11-18(25)12-10-17)27-28-24(29)32-15-22(30)26-14-19-6-5-13-31-19/h3-4,7-12,16,19H,5-6,13-15H2,1-2H3,(H,26,30). The van der Waals surface area contributed by atoms with Crippen molar-refractivity contribution < 1.29 is 9.53 Å². The molecule has 4 rings (SSSR count). The van der Waals surface area contributed by atoms with E-state index in [1.54, 1.807) is 0 Å². The molecule has 1 unspecified atom stereocenters. The first-order valence-electron chi connectivity index (χ1n) is 10.8. The zero-order valence-corrected chi connectivity index (χ0v) is 19.8. The highest BCUT2D eigenvalue weighted by molar-refractivity contribution is 7.99. The van der Waals surface area contributed by atoms with Gasteiger partial charge in [-0.25, -0.2) is 0 Å². The number of thioether (sulfide) groups is 1. The number of nitrogens with zero attached hydrogens (tertiary/aromatic N) is 3. The molecule has 2 aromatic carbocycles. The highest BCUT2D eigenvalue weighted by Crippen LogP contribution is 2.32. The summed E-state index contributed by atoms with van der Waals surface area (Å²) in [5.41, 5.74) is 3.11. The summed E-state index contributed by atoms with van der Waals surface area (Å²) in [5.74, 6) is 1.26. The average molecular weight is 471 g/mol. The first-order chi connectivity index (χ1) is 15.5. The Morgan fingerprint density at radius 2 is 2.00 bits per heavy atom. The smallest absolute Gasteiger partial charge is 0.230 e. The Balaban J connectivity index is 1.61. The van der Waals surface area contributed by atoms with E-state index < -0.39 is 0 Å². The normalized spacial score (nSPS) is 15.9. The van der Waals surface area contributed by atoms with E-state index in [2.05, 4.69) is 41.5 Å². The van der Waals surface area contributed by atoms with Crippen LogP contribution in [0.4, 0.5) is 0 Å². The summed E-state index contributed by atoms with van der Waals surface area (Å²) in [7, 11) is 0. The molecule has 0 spiro atoms. The van der Waals surface area contributed by atoms with Crippen LogP contribution >= 0.6 is 23.4 Å². The van der Waals surface area contributed by atoms with E-state index in [1.807, 2.05) is 41.0 Å². The number of carbonyl (C=O) groups is 1. The van der Waals surface area contributed by atoms with Gasteiger partial charge < -0.3 is 10.1 Å². The molecule has 1 saturated heterocycles. The molecule has 1 aliphatic rings. The van der Waals surface area contributed by atoms with E-state index in [9.17, 15) is 4.79 Å². The predicted octanol–water partition coefficient (Wildman–Crippen LogP) is 5.10. The third-order valence-electron chi connectivity index (χ3n) is 5.42. The van der Waals surface area contributed by atoms with Crippen molar-refractivity contribution in [1.82, 2.24) is 20.1 Å². The molecule has 0 aliphatic carbocycles. The van der Waals surface area contributed by atoms with Crippen molar-refractivity contribution in [2.45, 2.75) is 43.9 Å². The summed E-state index contributed by atoms with van der Waals surface area (Å²) < 4.78 is 7.62. The first kappa shape index (κ1) is 22.8. The topological polar surface area (TPSA) is 69.0 Å². The van der Waals surface area contributed by atoms with Crippen molar-refractivity contribution >= 4 is 29.3 Å². The Kier molecular flexibility index (Phi) is 7.50. The van der Waals surface area contributed by atoms with Crippen LogP contribution in [0, 0.1) is 0 Å². The fraction of sp³-hybridized carbons (Fsp3) is 0.375. The lowest BCUT2D eigenvalue weighted by Crippen LogP contribution is -2.32. The monoisotopic (exact) mass is 470 g/mol. The molecule has 1 fully saturated rings.